The van der Waals surface area contributed by atoms with Gasteiger partial charge in [0.1, 0.15) is 12.4 Å². The Bertz CT molecular complexity index is 869. The third-order valence-corrected chi connectivity index (χ3v) is 4.26. The molecular weight excluding hydrogens is 393 g/mol. The van der Waals surface area contributed by atoms with Crippen LogP contribution < -0.4 is 15.4 Å². The Balaban J connectivity index is 0.00000280. The third-order valence-electron chi connectivity index (χ3n) is 4.26. The number of nitrogens with one attached hydrogen (secondary N) is 2. The van der Waals surface area contributed by atoms with E-state index >= 15 is 0 Å². The van der Waals surface area contributed by atoms with E-state index in [4.69, 9.17) is 4.74 Å². The normalized spacial score (nSPS) is 12.7. The second kappa shape index (κ2) is 9.12. The van der Waals surface area contributed by atoms with Crippen molar-refractivity contribution in [2.45, 2.75) is 25.8 Å². The molecule has 0 saturated heterocycles. The molecule has 3 rings (SSSR count). The summed E-state index contributed by atoms with van der Waals surface area (Å²) >= 11 is 0. The Labute approximate surface area is 167 Å². The van der Waals surface area contributed by atoms with Crippen molar-refractivity contribution < 1.29 is 22.7 Å². The molecule has 0 fully saturated rings. The van der Waals surface area contributed by atoms with Gasteiger partial charge in [-0.3, -0.25) is 4.79 Å². The summed E-state index contributed by atoms with van der Waals surface area (Å²) in [5.74, 6) is -0.544. The van der Waals surface area contributed by atoms with Crippen LogP contribution in [0.1, 0.15) is 32.6 Å². The number of hydrogen-bond donors (Lipinski definition) is 2. The van der Waals surface area contributed by atoms with Gasteiger partial charge in [0.2, 0.25) is 0 Å². The summed E-state index contributed by atoms with van der Waals surface area (Å²) in [5.41, 5.74) is 2.20. The first-order valence-corrected chi connectivity index (χ1v) is 8.43. The van der Waals surface area contributed by atoms with Crippen LogP contribution in [0.3, 0.4) is 0 Å². The monoisotopic (exact) mass is 412 g/mol. The quantitative estimate of drug-likeness (QED) is 0.698. The third kappa shape index (κ3) is 5.05. The van der Waals surface area contributed by atoms with Crippen molar-refractivity contribution in [3.05, 3.63) is 76.9 Å². The molecule has 2 aromatic carbocycles. The van der Waals surface area contributed by atoms with Crippen molar-refractivity contribution >= 4 is 18.3 Å². The predicted octanol–water partition coefficient (Wildman–Crippen LogP) is 4.23. The van der Waals surface area contributed by atoms with E-state index in [-0.39, 0.29) is 36.9 Å². The average Bonchev–Trinajstić information content (AvgIpc) is 3.11. The number of benzene rings is 2. The number of carbonyl (C=O) groups is 1. The van der Waals surface area contributed by atoms with Crippen molar-refractivity contribution in [2.75, 3.05) is 6.61 Å². The Hall–Kier alpha value is -2.51. The SMILES string of the molecule is C=CCOc1ccc(C(F)(F)F)cc1C(=O)NCc1ccc2c(c1)CNC2.Cl. The maximum absolute atomic E-state index is 13.0. The van der Waals surface area contributed by atoms with Crippen molar-refractivity contribution in [2.24, 2.45) is 0 Å². The minimum atomic E-state index is -4.54. The molecule has 1 amide bonds. The van der Waals surface area contributed by atoms with E-state index in [0.29, 0.717) is 0 Å². The van der Waals surface area contributed by atoms with Crippen LogP contribution in [-0.2, 0) is 25.8 Å². The van der Waals surface area contributed by atoms with Gasteiger partial charge in [-0.25, -0.2) is 0 Å². The first kappa shape index (κ1) is 21.8. The van der Waals surface area contributed by atoms with Crippen LogP contribution in [-0.4, -0.2) is 12.5 Å². The highest BCUT2D eigenvalue weighted by Gasteiger charge is 2.32. The molecule has 0 bridgehead atoms. The molecule has 0 spiro atoms. The van der Waals surface area contributed by atoms with Crippen molar-refractivity contribution in [3.8, 4) is 5.75 Å². The highest BCUT2D eigenvalue weighted by Crippen LogP contribution is 2.32. The van der Waals surface area contributed by atoms with Gasteiger partial charge in [0.25, 0.3) is 5.91 Å². The molecule has 1 heterocycles. The summed E-state index contributed by atoms with van der Waals surface area (Å²) in [5, 5.41) is 5.90. The number of fused-ring (bicyclic) bond motifs is 1. The highest BCUT2D eigenvalue weighted by atomic mass is 35.5. The van der Waals surface area contributed by atoms with Crippen molar-refractivity contribution in [3.63, 3.8) is 0 Å². The van der Waals surface area contributed by atoms with Gasteiger partial charge in [0, 0.05) is 19.6 Å². The van der Waals surface area contributed by atoms with Crippen molar-refractivity contribution in [1.82, 2.24) is 10.6 Å². The lowest BCUT2D eigenvalue weighted by Crippen LogP contribution is -2.24. The topological polar surface area (TPSA) is 50.4 Å². The highest BCUT2D eigenvalue weighted by molar-refractivity contribution is 5.97. The standard InChI is InChI=1S/C20H19F3N2O2.ClH/c1-2-7-27-18-6-5-16(20(21,22)23)9-17(18)19(26)25-10-13-3-4-14-11-24-12-15(14)8-13;/h2-6,8-9,24H,1,7,10-12H2,(H,25,26);1H. The zero-order chi connectivity index (χ0) is 19.4. The van der Waals surface area contributed by atoms with Crippen LogP contribution in [0.15, 0.2) is 49.1 Å². The number of alkyl halides is 3. The smallest absolute Gasteiger partial charge is 0.416 e. The number of rotatable bonds is 6. The van der Waals surface area contributed by atoms with Gasteiger partial charge in [-0.2, -0.15) is 13.2 Å². The van der Waals surface area contributed by atoms with E-state index in [0.717, 1.165) is 42.4 Å². The first-order chi connectivity index (χ1) is 12.9. The fraction of sp³-hybridized carbons (Fsp3) is 0.250. The van der Waals surface area contributed by atoms with E-state index in [1.807, 2.05) is 18.2 Å². The molecule has 0 radical (unpaired) electrons. The molecule has 0 aromatic heterocycles. The number of carbonyl (C=O) groups excluding carboxylic acids is 1. The van der Waals surface area contributed by atoms with E-state index < -0.39 is 17.6 Å². The van der Waals surface area contributed by atoms with Gasteiger partial charge < -0.3 is 15.4 Å². The molecule has 4 nitrogen and oxygen atoms in total. The van der Waals surface area contributed by atoms with Gasteiger partial charge in [0.15, 0.2) is 0 Å². The molecule has 28 heavy (non-hydrogen) atoms. The molecule has 0 aliphatic carbocycles. The summed E-state index contributed by atoms with van der Waals surface area (Å²) in [4.78, 5) is 12.5. The van der Waals surface area contributed by atoms with Crippen LogP contribution in [0, 0.1) is 0 Å². The minimum absolute atomic E-state index is 0. The fourth-order valence-electron chi connectivity index (χ4n) is 2.89. The van der Waals surface area contributed by atoms with Crippen LogP contribution >= 0.6 is 12.4 Å². The van der Waals surface area contributed by atoms with Crippen LogP contribution in [0.5, 0.6) is 5.75 Å². The van der Waals surface area contributed by atoms with E-state index in [2.05, 4.69) is 17.2 Å². The predicted molar refractivity (Wildman–Crippen MR) is 103 cm³/mol. The average molecular weight is 413 g/mol. The Morgan fingerprint density at radius 1 is 1.18 bits per heavy atom. The Morgan fingerprint density at radius 2 is 1.93 bits per heavy atom. The molecule has 0 saturated carbocycles. The molecule has 0 atom stereocenters. The van der Waals surface area contributed by atoms with E-state index in [1.54, 1.807) is 0 Å². The largest absolute Gasteiger partial charge is 0.489 e. The van der Waals surface area contributed by atoms with E-state index in [9.17, 15) is 18.0 Å². The maximum atomic E-state index is 13.0. The summed E-state index contributed by atoms with van der Waals surface area (Å²) in [6.07, 6.45) is -3.09. The summed E-state index contributed by atoms with van der Waals surface area (Å²) in [6, 6.07) is 8.72. The number of halogens is 4. The maximum Gasteiger partial charge on any atom is 0.416 e. The second-order valence-corrected chi connectivity index (χ2v) is 6.20. The van der Waals surface area contributed by atoms with Crippen LogP contribution in [0.25, 0.3) is 0 Å². The van der Waals surface area contributed by atoms with Crippen LogP contribution in [0.2, 0.25) is 0 Å². The molecule has 0 unspecified atom stereocenters. The minimum Gasteiger partial charge on any atom is -0.489 e. The molecule has 8 heteroatoms. The number of hydrogen-bond acceptors (Lipinski definition) is 3. The summed E-state index contributed by atoms with van der Waals surface area (Å²) in [6.45, 7) is 5.38. The van der Waals surface area contributed by atoms with Crippen LogP contribution in [0.4, 0.5) is 13.2 Å². The van der Waals surface area contributed by atoms with Crippen molar-refractivity contribution in [1.29, 1.82) is 0 Å². The number of ether oxygens (including phenoxy) is 1. The lowest BCUT2D eigenvalue weighted by atomic mass is 10.1. The summed E-state index contributed by atoms with van der Waals surface area (Å²) in [7, 11) is 0. The lowest BCUT2D eigenvalue weighted by molar-refractivity contribution is -0.137. The van der Waals surface area contributed by atoms with Gasteiger partial charge in [-0.1, -0.05) is 30.9 Å². The zero-order valence-corrected chi connectivity index (χ0v) is 15.8. The Kier molecular flexibility index (Phi) is 7.10. The van der Waals surface area contributed by atoms with Gasteiger partial charge in [-0.15, -0.1) is 12.4 Å². The van der Waals surface area contributed by atoms with Gasteiger partial charge in [-0.05, 0) is 34.9 Å². The summed E-state index contributed by atoms with van der Waals surface area (Å²) < 4.78 is 44.3. The molecule has 1 aliphatic heterocycles. The molecule has 150 valence electrons. The second-order valence-electron chi connectivity index (χ2n) is 6.20. The Morgan fingerprint density at radius 3 is 2.64 bits per heavy atom. The fourth-order valence-corrected chi connectivity index (χ4v) is 2.89. The zero-order valence-electron chi connectivity index (χ0n) is 14.9. The lowest BCUT2D eigenvalue weighted by Gasteiger charge is -2.14. The van der Waals surface area contributed by atoms with Gasteiger partial charge >= 0.3 is 6.18 Å². The molecule has 2 N–H and O–H groups in total. The van der Waals surface area contributed by atoms with Gasteiger partial charge in [0.05, 0.1) is 11.1 Å². The molecule has 1 aliphatic rings. The first-order valence-electron chi connectivity index (χ1n) is 8.43. The van der Waals surface area contributed by atoms with E-state index in [1.165, 1.54) is 11.6 Å². The number of amides is 1. The molecular formula is C20H20ClF3N2O2. The molecule has 2 aromatic rings.